The van der Waals surface area contributed by atoms with Crippen LogP contribution in [0.5, 0.6) is 0 Å². The molecule has 1 atom stereocenters. The Kier molecular flexibility index (Phi) is 6.32. The lowest BCUT2D eigenvalue weighted by atomic mass is 10.1. The maximum absolute atomic E-state index is 3.55. The second kappa shape index (κ2) is 7.62. The zero-order valence-electron chi connectivity index (χ0n) is 9.79. The predicted octanol–water partition coefficient (Wildman–Crippen LogP) is 1.06. The molecule has 84 valence electrons. The van der Waals surface area contributed by atoms with Gasteiger partial charge in [-0.25, -0.2) is 0 Å². The van der Waals surface area contributed by atoms with Crippen LogP contribution in [-0.2, 0) is 0 Å². The molecule has 0 saturated heterocycles. The van der Waals surface area contributed by atoms with Gasteiger partial charge in [-0.1, -0.05) is 43.3 Å². The third kappa shape index (κ3) is 4.60. The van der Waals surface area contributed by atoms with Crippen LogP contribution < -0.4 is 10.6 Å². The fourth-order valence-electron chi connectivity index (χ4n) is 1.68. The lowest BCUT2D eigenvalue weighted by Gasteiger charge is -2.18. The van der Waals surface area contributed by atoms with Crippen LogP contribution in [0.3, 0.4) is 0 Å². The molecule has 0 radical (unpaired) electrons. The first kappa shape index (κ1) is 12.4. The lowest BCUT2D eigenvalue weighted by molar-refractivity contribution is 0.487. The molecule has 1 aromatic rings. The van der Waals surface area contributed by atoms with Crippen LogP contribution in [-0.4, -0.2) is 23.5 Å². The third-order valence-electron chi connectivity index (χ3n) is 2.50. The predicted molar refractivity (Wildman–Crippen MR) is 70.2 cm³/mol. The Hall–Kier alpha value is -0.643. The zero-order valence-corrected chi connectivity index (χ0v) is 11.8. The van der Waals surface area contributed by atoms with Gasteiger partial charge in [-0.2, -0.15) is 0 Å². The lowest BCUT2D eigenvalue weighted by Crippen LogP contribution is -2.32. The van der Waals surface area contributed by atoms with E-state index in [1.54, 1.807) is 0 Å². The Morgan fingerprint density at radius 3 is 2.60 bits per heavy atom. The Bertz CT molecular complexity index is 251. The Morgan fingerprint density at radius 1 is 1.27 bits per heavy atom. The van der Waals surface area contributed by atoms with Crippen molar-refractivity contribution in [1.29, 1.82) is 0 Å². The monoisotopic (exact) mass is 222 g/mol. The molecule has 0 heterocycles. The van der Waals surface area contributed by atoms with E-state index in [0.29, 0.717) is 6.04 Å². The molecule has 3 heteroatoms. The molecular formula is C12H22N2Si. The van der Waals surface area contributed by atoms with Crippen molar-refractivity contribution in [2.45, 2.75) is 25.4 Å². The van der Waals surface area contributed by atoms with Crippen molar-refractivity contribution >= 4 is 10.2 Å². The van der Waals surface area contributed by atoms with Crippen LogP contribution in [0.2, 0.25) is 6.04 Å². The van der Waals surface area contributed by atoms with Crippen molar-refractivity contribution in [3.63, 3.8) is 0 Å². The second-order valence-corrected chi connectivity index (χ2v) is 4.74. The molecule has 0 fully saturated rings. The Balaban J connectivity index is 2.50. The average molecular weight is 222 g/mol. The molecule has 2 nitrogen and oxygen atoms in total. The van der Waals surface area contributed by atoms with Gasteiger partial charge in [0.2, 0.25) is 0 Å². The fourth-order valence-corrected chi connectivity index (χ4v) is 2.26. The van der Waals surface area contributed by atoms with Gasteiger partial charge in [-0.15, -0.1) is 0 Å². The molecule has 0 aliphatic heterocycles. The number of hydrogen-bond donors (Lipinski definition) is 2. The summed E-state index contributed by atoms with van der Waals surface area (Å²) in [5.41, 5.74) is 1.41. The van der Waals surface area contributed by atoms with Gasteiger partial charge in [0.1, 0.15) is 0 Å². The first-order chi connectivity index (χ1) is 7.38. The summed E-state index contributed by atoms with van der Waals surface area (Å²) < 4.78 is 0. The molecule has 1 aromatic carbocycles. The number of benzene rings is 1. The quantitative estimate of drug-likeness (QED) is 0.409. The van der Waals surface area contributed by atoms with Crippen molar-refractivity contribution in [2.75, 3.05) is 13.2 Å². The number of hydrogen-bond acceptors (Lipinski definition) is 2. The van der Waals surface area contributed by atoms with Gasteiger partial charge in [0, 0.05) is 23.0 Å². The summed E-state index contributed by atoms with van der Waals surface area (Å²) in [6.45, 7) is 4.05. The number of nitrogens with one attached hydrogen (secondary N) is 2. The molecular weight excluding hydrogens is 200 g/mol. The van der Waals surface area contributed by atoms with Crippen LogP contribution in [0.4, 0.5) is 0 Å². The molecule has 1 unspecified atom stereocenters. The minimum absolute atomic E-state index is 0.516. The molecule has 0 aliphatic carbocycles. The zero-order chi connectivity index (χ0) is 10.9. The van der Waals surface area contributed by atoms with Crippen molar-refractivity contribution in [1.82, 2.24) is 10.6 Å². The van der Waals surface area contributed by atoms with E-state index in [1.807, 2.05) is 0 Å². The smallest absolute Gasteiger partial charge is 0.0458 e. The minimum Gasteiger partial charge on any atom is -0.305 e. The molecule has 15 heavy (non-hydrogen) atoms. The average Bonchev–Trinajstić information content (AvgIpc) is 2.29. The highest BCUT2D eigenvalue weighted by molar-refractivity contribution is 6.08. The molecule has 1 rings (SSSR count). The van der Waals surface area contributed by atoms with Crippen LogP contribution in [0.25, 0.3) is 0 Å². The highest BCUT2D eigenvalue weighted by Gasteiger charge is 2.07. The summed E-state index contributed by atoms with van der Waals surface area (Å²) in [4.78, 5) is 0. The standard InChI is InChI=1S/C12H22N2Si/c1-2-13-10-14-12(8-9-15)11-6-4-3-5-7-11/h3-7,12-14H,2,8-10H2,1,15H3. The molecule has 0 saturated carbocycles. The van der Waals surface area contributed by atoms with Crippen LogP contribution in [0, 0.1) is 0 Å². The van der Waals surface area contributed by atoms with E-state index in [2.05, 4.69) is 47.9 Å². The first-order valence-electron chi connectivity index (χ1n) is 5.87. The topological polar surface area (TPSA) is 24.1 Å². The molecule has 0 amide bonds. The fraction of sp³-hybridized carbons (Fsp3) is 0.500. The van der Waals surface area contributed by atoms with Gasteiger partial charge in [0.05, 0.1) is 0 Å². The van der Waals surface area contributed by atoms with Crippen molar-refractivity contribution in [2.24, 2.45) is 0 Å². The Morgan fingerprint density at radius 2 is 2.00 bits per heavy atom. The van der Waals surface area contributed by atoms with Crippen LogP contribution in [0.1, 0.15) is 24.9 Å². The SMILES string of the molecule is CCNCNC(CC[SiH3])c1ccccc1. The van der Waals surface area contributed by atoms with E-state index >= 15 is 0 Å². The van der Waals surface area contributed by atoms with E-state index < -0.39 is 0 Å². The van der Waals surface area contributed by atoms with Crippen molar-refractivity contribution in [3.05, 3.63) is 35.9 Å². The van der Waals surface area contributed by atoms with Gasteiger partial charge >= 0.3 is 0 Å². The summed E-state index contributed by atoms with van der Waals surface area (Å²) in [7, 11) is 1.29. The summed E-state index contributed by atoms with van der Waals surface area (Å²) in [6.07, 6.45) is 1.25. The normalized spacial score (nSPS) is 12.9. The molecule has 2 N–H and O–H groups in total. The van der Waals surface area contributed by atoms with Gasteiger partial charge < -0.3 is 5.32 Å². The van der Waals surface area contributed by atoms with Gasteiger partial charge in [-0.3, -0.25) is 5.32 Å². The molecule has 0 aromatic heterocycles. The maximum atomic E-state index is 3.55. The molecule has 0 bridgehead atoms. The van der Waals surface area contributed by atoms with E-state index in [-0.39, 0.29) is 0 Å². The largest absolute Gasteiger partial charge is 0.305 e. The number of rotatable bonds is 7. The van der Waals surface area contributed by atoms with Crippen molar-refractivity contribution < 1.29 is 0 Å². The van der Waals surface area contributed by atoms with Gasteiger partial charge in [0.15, 0.2) is 0 Å². The third-order valence-corrected chi connectivity index (χ3v) is 3.08. The Labute approximate surface area is 95.9 Å². The maximum Gasteiger partial charge on any atom is 0.0458 e. The summed E-state index contributed by atoms with van der Waals surface area (Å²) in [5, 5.41) is 6.86. The summed E-state index contributed by atoms with van der Waals surface area (Å²) in [5.74, 6) is 0. The molecule has 0 aliphatic rings. The van der Waals surface area contributed by atoms with Crippen LogP contribution >= 0.6 is 0 Å². The van der Waals surface area contributed by atoms with Gasteiger partial charge in [-0.05, 0) is 18.5 Å². The van der Waals surface area contributed by atoms with Gasteiger partial charge in [0.25, 0.3) is 0 Å². The van der Waals surface area contributed by atoms with E-state index in [4.69, 9.17) is 0 Å². The molecule has 0 spiro atoms. The summed E-state index contributed by atoms with van der Waals surface area (Å²) in [6, 6.07) is 12.6. The highest BCUT2D eigenvalue weighted by Crippen LogP contribution is 2.16. The first-order valence-corrected chi connectivity index (χ1v) is 7.29. The van der Waals surface area contributed by atoms with Crippen molar-refractivity contribution in [3.8, 4) is 0 Å². The van der Waals surface area contributed by atoms with E-state index in [9.17, 15) is 0 Å². The van der Waals surface area contributed by atoms with Crippen LogP contribution in [0.15, 0.2) is 30.3 Å². The summed E-state index contributed by atoms with van der Waals surface area (Å²) >= 11 is 0. The minimum atomic E-state index is 0.516. The second-order valence-electron chi connectivity index (χ2n) is 3.74. The van der Waals surface area contributed by atoms with E-state index in [0.717, 1.165) is 13.2 Å². The van der Waals surface area contributed by atoms with E-state index in [1.165, 1.54) is 28.3 Å². The highest BCUT2D eigenvalue weighted by atomic mass is 28.1.